The van der Waals surface area contributed by atoms with Crippen LogP contribution >= 0.6 is 0 Å². The first-order chi connectivity index (χ1) is 15.4. The maximum Gasteiger partial charge on any atom is 0.257 e. The van der Waals surface area contributed by atoms with Crippen molar-refractivity contribution < 1.29 is 9.53 Å². The maximum absolute atomic E-state index is 12.9. The first kappa shape index (κ1) is 21.6. The quantitative estimate of drug-likeness (QED) is 0.491. The summed E-state index contributed by atoms with van der Waals surface area (Å²) in [5.41, 5.74) is 8.88. The van der Waals surface area contributed by atoms with Gasteiger partial charge in [0.25, 0.3) is 5.91 Å². The SMILES string of the molecule is COc1ccc(CNC(=O)c2cnn3c(C)c(Cc4cc(C)ccc4C)c(C)nc23)cc1. The molecule has 164 valence electrons. The number of aryl methyl sites for hydroxylation is 4. The zero-order chi connectivity index (χ0) is 22.8. The fourth-order valence-electron chi connectivity index (χ4n) is 3.93. The van der Waals surface area contributed by atoms with E-state index in [0.29, 0.717) is 17.8 Å². The number of aromatic nitrogens is 3. The molecule has 0 spiro atoms. The van der Waals surface area contributed by atoms with Crippen LogP contribution in [0.5, 0.6) is 5.75 Å². The van der Waals surface area contributed by atoms with Crippen molar-refractivity contribution in [1.29, 1.82) is 0 Å². The largest absolute Gasteiger partial charge is 0.497 e. The van der Waals surface area contributed by atoms with Gasteiger partial charge in [0.2, 0.25) is 0 Å². The fraction of sp³-hybridized carbons (Fsp3) is 0.269. The highest BCUT2D eigenvalue weighted by atomic mass is 16.5. The van der Waals surface area contributed by atoms with Gasteiger partial charge in [-0.25, -0.2) is 9.50 Å². The summed E-state index contributed by atoms with van der Waals surface area (Å²) in [5.74, 6) is 0.596. The number of carbonyl (C=O) groups is 1. The number of fused-ring (bicyclic) bond motifs is 1. The van der Waals surface area contributed by atoms with Gasteiger partial charge in [0.1, 0.15) is 11.3 Å². The Balaban J connectivity index is 1.59. The average molecular weight is 429 g/mol. The van der Waals surface area contributed by atoms with Crippen LogP contribution in [0.2, 0.25) is 0 Å². The van der Waals surface area contributed by atoms with Gasteiger partial charge < -0.3 is 10.1 Å². The van der Waals surface area contributed by atoms with Crippen LogP contribution in [0.4, 0.5) is 0 Å². The highest BCUT2D eigenvalue weighted by molar-refractivity contribution is 5.99. The van der Waals surface area contributed by atoms with Crippen molar-refractivity contribution in [2.75, 3.05) is 7.11 Å². The predicted molar refractivity (Wildman–Crippen MR) is 125 cm³/mol. The van der Waals surface area contributed by atoms with Crippen molar-refractivity contribution in [1.82, 2.24) is 19.9 Å². The first-order valence-corrected chi connectivity index (χ1v) is 10.7. The summed E-state index contributed by atoms with van der Waals surface area (Å²) in [7, 11) is 1.63. The van der Waals surface area contributed by atoms with E-state index in [4.69, 9.17) is 9.72 Å². The van der Waals surface area contributed by atoms with Crippen LogP contribution in [-0.4, -0.2) is 27.6 Å². The minimum absolute atomic E-state index is 0.190. The summed E-state index contributed by atoms with van der Waals surface area (Å²) in [5, 5.41) is 7.44. The Morgan fingerprint density at radius 2 is 1.81 bits per heavy atom. The third kappa shape index (κ3) is 4.21. The molecule has 0 atom stereocenters. The summed E-state index contributed by atoms with van der Waals surface area (Å²) in [6, 6.07) is 14.1. The summed E-state index contributed by atoms with van der Waals surface area (Å²) in [4.78, 5) is 17.6. The Labute approximate surface area is 188 Å². The molecule has 0 unspecified atom stereocenters. The predicted octanol–water partition coefficient (Wildman–Crippen LogP) is 4.49. The van der Waals surface area contributed by atoms with Gasteiger partial charge in [-0.3, -0.25) is 4.79 Å². The first-order valence-electron chi connectivity index (χ1n) is 10.7. The molecule has 4 rings (SSSR count). The molecule has 1 amide bonds. The van der Waals surface area contributed by atoms with E-state index >= 15 is 0 Å². The highest BCUT2D eigenvalue weighted by Crippen LogP contribution is 2.22. The van der Waals surface area contributed by atoms with Gasteiger partial charge in [-0.15, -0.1) is 0 Å². The van der Waals surface area contributed by atoms with Crippen LogP contribution in [0.3, 0.4) is 0 Å². The number of rotatable bonds is 6. The molecular formula is C26H28N4O2. The minimum atomic E-state index is -0.190. The molecule has 0 aliphatic rings. The normalized spacial score (nSPS) is 11.0. The smallest absolute Gasteiger partial charge is 0.257 e. The van der Waals surface area contributed by atoms with Crippen molar-refractivity contribution in [3.05, 3.63) is 93.4 Å². The van der Waals surface area contributed by atoms with E-state index in [1.54, 1.807) is 17.8 Å². The number of nitrogens with zero attached hydrogens (tertiary/aromatic N) is 3. The third-order valence-electron chi connectivity index (χ3n) is 5.94. The van der Waals surface area contributed by atoms with Crippen LogP contribution in [-0.2, 0) is 13.0 Å². The van der Waals surface area contributed by atoms with E-state index in [0.717, 1.165) is 34.7 Å². The molecule has 2 aromatic heterocycles. The standard InChI is InChI=1S/C26H28N4O2/c1-16-6-7-17(2)21(12-16)13-23-18(3)29-25-24(15-28-30(25)19(23)4)26(31)27-14-20-8-10-22(32-5)11-9-20/h6-12,15H,13-14H2,1-5H3,(H,27,31). The van der Waals surface area contributed by atoms with Crippen molar-refractivity contribution >= 4 is 11.6 Å². The Hall–Kier alpha value is -3.67. The van der Waals surface area contributed by atoms with Crippen molar-refractivity contribution in [3.63, 3.8) is 0 Å². The van der Waals surface area contributed by atoms with E-state index < -0.39 is 0 Å². The van der Waals surface area contributed by atoms with E-state index in [-0.39, 0.29) is 5.91 Å². The van der Waals surface area contributed by atoms with Gasteiger partial charge in [0, 0.05) is 24.4 Å². The van der Waals surface area contributed by atoms with Gasteiger partial charge in [-0.1, -0.05) is 35.9 Å². The minimum Gasteiger partial charge on any atom is -0.497 e. The number of ether oxygens (including phenoxy) is 1. The molecule has 0 saturated carbocycles. The second-order valence-corrected chi connectivity index (χ2v) is 8.19. The summed E-state index contributed by atoms with van der Waals surface area (Å²) >= 11 is 0. The number of hydrogen-bond acceptors (Lipinski definition) is 4. The molecule has 32 heavy (non-hydrogen) atoms. The molecule has 4 aromatic rings. The second-order valence-electron chi connectivity index (χ2n) is 8.19. The van der Waals surface area contributed by atoms with Gasteiger partial charge in [-0.05, 0) is 62.1 Å². The lowest BCUT2D eigenvalue weighted by atomic mass is 9.97. The molecule has 0 bridgehead atoms. The van der Waals surface area contributed by atoms with Gasteiger partial charge in [0.15, 0.2) is 5.65 Å². The number of hydrogen-bond donors (Lipinski definition) is 1. The highest BCUT2D eigenvalue weighted by Gasteiger charge is 2.18. The molecular weight excluding hydrogens is 400 g/mol. The monoisotopic (exact) mass is 428 g/mol. The molecule has 6 nitrogen and oxygen atoms in total. The summed E-state index contributed by atoms with van der Waals surface area (Å²) < 4.78 is 6.95. The lowest BCUT2D eigenvalue weighted by Crippen LogP contribution is -2.23. The second kappa shape index (κ2) is 8.83. The lowest BCUT2D eigenvalue weighted by molar-refractivity contribution is 0.0952. The molecule has 2 aromatic carbocycles. The maximum atomic E-state index is 12.9. The van der Waals surface area contributed by atoms with Crippen molar-refractivity contribution in [2.24, 2.45) is 0 Å². The topological polar surface area (TPSA) is 68.5 Å². The number of benzene rings is 2. The zero-order valence-electron chi connectivity index (χ0n) is 19.2. The van der Waals surface area contributed by atoms with Crippen molar-refractivity contribution in [3.8, 4) is 5.75 Å². The fourth-order valence-corrected chi connectivity index (χ4v) is 3.93. The Morgan fingerprint density at radius 3 is 2.53 bits per heavy atom. The number of carbonyl (C=O) groups excluding carboxylic acids is 1. The van der Waals surface area contributed by atoms with E-state index in [2.05, 4.69) is 42.5 Å². The van der Waals surface area contributed by atoms with E-state index in [1.165, 1.54) is 16.7 Å². The van der Waals surface area contributed by atoms with Crippen LogP contribution in [0.1, 0.15) is 49.6 Å². The molecule has 6 heteroatoms. The molecule has 0 radical (unpaired) electrons. The Morgan fingerprint density at radius 1 is 1.06 bits per heavy atom. The molecule has 0 aliphatic heterocycles. The van der Waals surface area contributed by atoms with E-state index in [9.17, 15) is 4.79 Å². The average Bonchev–Trinajstić information content (AvgIpc) is 3.21. The van der Waals surface area contributed by atoms with Crippen LogP contribution < -0.4 is 10.1 Å². The summed E-state index contributed by atoms with van der Waals surface area (Å²) in [6.07, 6.45) is 2.38. The Bertz CT molecular complexity index is 1290. The van der Waals surface area contributed by atoms with Crippen LogP contribution in [0.15, 0.2) is 48.7 Å². The van der Waals surface area contributed by atoms with Crippen LogP contribution in [0, 0.1) is 27.7 Å². The molecule has 2 heterocycles. The molecule has 1 N–H and O–H groups in total. The van der Waals surface area contributed by atoms with Gasteiger partial charge in [0.05, 0.1) is 13.3 Å². The molecule has 0 fully saturated rings. The van der Waals surface area contributed by atoms with Crippen LogP contribution in [0.25, 0.3) is 5.65 Å². The molecule has 0 aliphatic carbocycles. The molecule has 0 saturated heterocycles. The Kier molecular flexibility index (Phi) is 5.95. The van der Waals surface area contributed by atoms with Gasteiger partial charge in [-0.2, -0.15) is 5.10 Å². The number of methoxy groups -OCH3 is 1. The van der Waals surface area contributed by atoms with Gasteiger partial charge >= 0.3 is 0 Å². The number of nitrogens with one attached hydrogen (secondary N) is 1. The van der Waals surface area contributed by atoms with E-state index in [1.807, 2.05) is 38.1 Å². The number of amides is 1. The lowest BCUT2D eigenvalue weighted by Gasteiger charge is -2.14. The summed E-state index contributed by atoms with van der Waals surface area (Å²) in [6.45, 7) is 8.69. The van der Waals surface area contributed by atoms with Crippen molar-refractivity contribution in [2.45, 2.75) is 40.7 Å². The zero-order valence-corrected chi connectivity index (χ0v) is 19.2. The third-order valence-corrected chi connectivity index (χ3v) is 5.94.